The van der Waals surface area contributed by atoms with Crippen LogP contribution in [-0.4, -0.2) is 17.9 Å². The predicted octanol–water partition coefficient (Wildman–Crippen LogP) is 4.41. The van der Waals surface area contributed by atoms with Crippen molar-refractivity contribution in [3.8, 4) is 23.1 Å². The molecule has 1 N–H and O–H groups in total. The second-order valence-corrected chi connectivity index (χ2v) is 5.83. The van der Waals surface area contributed by atoms with E-state index in [1.807, 2.05) is 6.07 Å². The fraction of sp³-hybridized carbons (Fsp3) is 0.0476. The molecule has 0 bridgehead atoms. The van der Waals surface area contributed by atoms with Gasteiger partial charge in [-0.3, -0.25) is 14.9 Å². The molecule has 3 aromatic rings. The summed E-state index contributed by atoms with van der Waals surface area (Å²) in [6.07, 6.45) is 1.27. The van der Waals surface area contributed by atoms with Crippen LogP contribution in [0.2, 0.25) is 0 Å². The third-order valence-corrected chi connectivity index (χ3v) is 3.98. The lowest BCUT2D eigenvalue weighted by Crippen LogP contribution is -2.13. The zero-order valence-corrected chi connectivity index (χ0v) is 15.3. The second-order valence-electron chi connectivity index (χ2n) is 5.83. The van der Waals surface area contributed by atoms with Crippen molar-refractivity contribution in [3.05, 3.63) is 82.1 Å². The highest BCUT2D eigenvalue weighted by atomic mass is 16.6. The van der Waals surface area contributed by atoms with E-state index >= 15 is 0 Å². The van der Waals surface area contributed by atoms with E-state index in [9.17, 15) is 20.2 Å². The number of nitrogens with zero attached hydrogens (tertiary/aromatic N) is 2. The maximum Gasteiger partial charge on any atom is 0.284 e. The molecule has 2 aromatic carbocycles. The van der Waals surface area contributed by atoms with Crippen LogP contribution in [-0.2, 0) is 4.79 Å². The van der Waals surface area contributed by atoms with Crippen LogP contribution in [0.15, 0.2) is 70.7 Å². The van der Waals surface area contributed by atoms with Gasteiger partial charge in [-0.05, 0) is 36.4 Å². The summed E-state index contributed by atoms with van der Waals surface area (Å²) >= 11 is 0. The Balaban J connectivity index is 1.88. The van der Waals surface area contributed by atoms with Crippen LogP contribution in [0.1, 0.15) is 5.76 Å². The average Bonchev–Trinajstić information content (AvgIpc) is 3.20. The van der Waals surface area contributed by atoms with Gasteiger partial charge in [0, 0.05) is 11.8 Å². The standard InChI is InChI=1S/C21H15N3O5/c1-28-16-7-9-18(19(12-16)24(26)27)20-10-8-17(29-20)11-14(13-22)21(25)23-15-5-3-2-4-6-15/h2-12H,1H3,(H,23,25). The van der Waals surface area contributed by atoms with Gasteiger partial charge in [-0.25, -0.2) is 0 Å². The summed E-state index contributed by atoms with van der Waals surface area (Å²) < 4.78 is 10.6. The molecule has 0 saturated carbocycles. The number of carbonyl (C=O) groups is 1. The Morgan fingerprint density at radius 3 is 2.62 bits per heavy atom. The number of hydrogen-bond donors (Lipinski definition) is 1. The van der Waals surface area contributed by atoms with Crippen molar-refractivity contribution in [2.24, 2.45) is 0 Å². The number of furan rings is 1. The summed E-state index contributed by atoms with van der Waals surface area (Å²) in [5.74, 6) is 0.194. The van der Waals surface area contributed by atoms with Crippen molar-refractivity contribution < 1.29 is 18.9 Å². The summed E-state index contributed by atoms with van der Waals surface area (Å²) in [7, 11) is 1.42. The molecule has 0 aliphatic heterocycles. The normalized spacial score (nSPS) is 10.8. The van der Waals surface area contributed by atoms with E-state index in [1.165, 1.54) is 37.5 Å². The molecule has 29 heavy (non-hydrogen) atoms. The van der Waals surface area contributed by atoms with E-state index in [0.717, 1.165) is 0 Å². The lowest BCUT2D eigenvalue weighted by atomic mass is 10.1. The second kappa shape index (κ2) is 8.54. The van der Waals surface area contributed by atoms with E-state index in [1.54, 1.807) is 36.4 Å². The van der Waals surface area contributed by atoms with Gasteiger partial charge in [-0.15, -0.1) is 0 Å². The molecule has 8 heteroatoms. The molecule has 0 spiro atoms. The summed E-state index contributed by atoms with van der Waals surface area (Å²) in [6.45, 7) is 0. The number of nitro groups is 1. The molecule has 0 unspecified atom stereocenters. The molecular formula is C21H15N3O5. The molecule has 8 nitrogen and oxygen atoms in total. The summed E-state index contributed by atoms with van der Waals surface area (Å²) in [5.41, 5.74) is 0.450. The highest BCUT2D eigenvalue weighted by Crippen LogP contribution is 2.34. The Morgan fingerprint density at radius 2 is 1.97 bits per heavy atom. The van der Waals surface area contributed by atoms with Gasteiger partial charge in [0.25, 0.3) is 11.6 Å². The Morgan fingerprint density at radius 1 is 1.21 bits per heavy atom. The number of benzene rings is 2. The highest BCUT2D eigenvalue weighted by molar-refractivity contribution is 6.09. The number of carbonyl (C=O) groups excluding carboxylic acids is 1. The van der Waals surface area contributed by atoms with Crippen LogP contribution in [0.25, 0.3) is 17.4 Å². The molecule has 1 amide bonds. The van der Waals surface area contributed by atoms with Gasteiger partial charge >= 0.3 is 0 Å². The molecule has 0 aliphatic rings. The maximum absolute atomic E-state index is 12.3. The summed E-state index contributed by atoms with van der Waals surface area (Å²) in [6, 6.07) is 18.0. The molecule has 0 saturated heterocycles. The van der Waals surface area contributed by atoms with Gasteiger partial charge < -0.3 is 14.5 Å². The lowest BCUT2D eigenvalue weighted by Gasteiger charge is -2.04. The minimum Gasteiger partial charge on any atom is -0.497 e. The Hall–Kier alpha value is -4.38. The molecule has 1 heterocycles. The first-order valence-corrected chi connectivity index (χ1v) is 8.42. The molecule has 3 rings (SSSR count). The molecular weight excluding hydrogens is 374 g/mol. The number of para-hydroxylation sites is 1. The van der Waals surface area contributed by atoms with Gasteiger partial charge in [-0.2, -0.15) is 5.26 Å². The van der Waals surface area contributed by atoms with E-state index in [4.69, 9.17) is 9.15 Å². The van der Waals surface area contributed by atoms with Gasteiger partial charge in [0.1, 0.15) is 28.9 Å². The van der Waals surface area contributed by atoms with Crippen LogP contribution >= 0.6 is 0 Å². The number of amides is 1. The number of anilines is 1. The number of nitrogens with one attached hydrogen (secondary N) is 1. The molecule has 0 atom stereocenters. The maximum atomic E-state index is 12.3. The first kappa shape index (κ1) is 19.4. The number of methoxy groups -OCH3 is 1. The molecule has 0 radical (unpaired) electrons. The van der Waals surface area contributed by atoms with Gasteiger partial charge in [-0.1, -0.05) is 18.2 Å². The van der Waals surface area contributed by atoms with Crippen LogP contribution in [0.5, 0.6) is 5.75 Å². The topological polar surface area (TPSA) is 118 Å². The van der Waals surface area contributed by atoms with Crippen LogP contribution in [0, 0.1) is 21.4 Å². The van der Waals surface area contributed by atoms with E-state index in [0.29, 0.717) is 11.4 Å². The van der Waals surface area contributed by atoms with Crippen molar-refractivity contribution in [2.45, 2.75) is 0 Å². The average molecular weight is 389 g/mol. The molecule has 0 fully saturated rings. The van der Waals surface area contributed by atoms with Crippen LogP contribution in [0.4, 0.5) is 11.4 Å². The monoisotopic (exact) mass is 389 g/mol. The van der Waals surface area contributed by atoms with E-state index < -0.39 is 10.8 Å². The highest BCUT2D eigenvalue weighted by Gasteiger charge is 2.19. The van der Waals surface area contributed by atoms with Crippen LogP contribution < -0.4 is 10.1 Å². The van der Waals surface area contributed by atoms with Crippen molar-refractivity contribution >= 4 is 23.4 Å². The smallest absolute Gasteiger partial charge is 0.284 e. The zero-order valence-electron chi connectivity index (χ0n) is 15.3. The molecule has 144 valence electrons. The van der Waals surface area contributed by atoms with Crippen molar-refractivity contribution in [3.63, 3.8) is 0 Å². The van der Waals surface area contributed by atoms with E-state index in [-0.39, 0.29) is 28.3 Å². The quantitative estimate of drug-likeness (QED) is 0.289. The Labute approximate surface area is 165 Å². The van der Waals surface area contributed by atoms with Crippen LogP contribution in [0.3, 0.4) is 0 Å². The lowest BCUT2D eigenvalue weighted by molar-refractivity contribution is -0.384. The fourth-order valence-corrected chi connectivity index (χ4v) is 2.58. The number of nitro benzene ring substituents is 1. The largest absolute Gasteiger partial charge is 0.497 e. The SMILES string of the molecule is COc1ccc(-c2ccc(C=C(C#N)C(=O)Nc3ccccc3)o2)c([N+](=O)[O-])c1. The Bertz CT molecular complexity index is 1130. The first-order chi connectivity index (χ1) is 14.0. The van der Waals surface area contributed by atoms with Gasteiger partial charge in [0.05, 0.1) is 23.7 Å². The third-order valence-electron chi connectivity index (χ3n) is 3.98. The minimum absolute atomic E-state index is 0.168. The van der Waals surface area contributed by atoms with E-state index in [2.05, 4.69) is 5.32 Å². The van der Waals surface area contributed by atoms with Crippen molar-refractivity contribution in [1.29, 1.82) is 5.26 Å². The summed E-state index contributed by atoms with van der Waals surface area (Å²) in [5, 5.41) is 23.3. The Kier molecular flexibility index (Phi) is 5.71. The number of ether oxygens (including phenoxy) is 1. The number of hydrogen-bond acceptors (Lipinski definition) is 6. The first-order valence-electron chi connectivity index (χ1n) is 8.42. The van der Waals surface area contributed by atoms with Crippen molar-refractivity contribution in [2.75, 3.05) is 12.4 Å². The molecule has 1 aromatic heterocycles. The molecule has 0 aliphatic carbocycles. The fourth-order valence-electron chi connectivity index (χ4n) is 2.58. The zero-order chi connectivity index (χ0) is 20.8. The minimum atomic E-state index is -0.591. The third kappa shape index (κ3) is 4.48. The summed E-state index contributed by atoms with van der Waals surface area (Å²) in [4.78, 5) is 23.1. The predicted molar refractivity (Wildman–Crippen MR) is 106 cm³/mol. The van der Waals surface area contributed by atoms with Gasteiger partial charge in [0.15, 0.2) is 0 Å². The van der Waals surface area contributed by atoms with Crippen molar-refractivity contribution in [1.82, 2.24) is 0 Å². The number of nitriles is 1. The van der Waals surface area contributed by atoms with Gasteiger partial charge in [0.2, 0.25) is 0 Å². The number of rotatable bonds is 6.